The maximum Gasteiger partial charge on any atom is 0.255 e. The Morgan fingerprint density at radius 3 is 2.44 bits per heavy atom. The Morgan fingerprint density at radius 2 is 1.76 bits per heavy atom. The summed E-state index contributed by atoms with van der Waals surface area (Å²) in [5.74, 6) is 0.706. The molecule has 0 aliphatic carbocycles. The minimum Gasteiger partial charge on any atom is -0.494 e. The molecule has 0 heterocycles. The van der Waals surface area contributed by atoms with E-state index in [1.165, 1.54) is 0 Å². The van der Waals surface area contributed by atoms with Gasteiger partial charge in [-0.3, -0.25) is 9.59 Å². The van der Waals surface area contributed by atoms with Crippen LogP contribution in [0, 0.1) is 0 Å². The molecule has 0 saturated carbocycles. The molecule has 0 aliphatic rings. The summed E-state index contributed by atoms with van der Waals surface area (Å²) in [7, 11) is 0. The lowest BCUT2D eigenvalue weighted by atomic mass is 10.1. The number of amides is 2. The Labute approximate surface area is 146 Å². The third-order valence-corrected chi connectivity index (χ3v) is 3.41. The number of para-hydroxylation sites is 1. The summed E-state index contributed by atoms with van der Waals surface area (Å²) in [5, 5.41) is 2.83. The molecule has 2 rings (SSSR count). The van der Waals surface area contributed by atoms with Crippen molar-refractivity contribution in [2.24, 2.45) is 5.73 Å². The second-order valence-electron chi connectivity index (χ2n) is 5.37. The first-order valence-corrected chi connectivity index (χ1v) is 8.10. The lowest BCUT2D eigenvalue weighted by Gasteiger charge is -2.10. The van der Waals surface area contributed by atoms with Gasteiger partial charge in [0.15, 0.2) is 6.61 Å². The highest BCUT2D eigenvalue weighted by atomic mass is 16.5. The first kappa shape index (κ1) is 18.3. The molecule has 0 spiro atoms. The van der Waals surface area contributed by atoms with Gasteiger partial charge in [0.2, 0.25) is 5.91 Å². The van der Waals surface area contributed by atoms with Crippen molar-refractivity contribution in [2.45, 2.75) is 19.8 Å². The molecule has 6 heteroatoms. The van der Waals surface area contributed by atoms with Crippen LogP contribution in [0.5, 0.6) is 11.5 Å². The van der Waals surface area contributed by atoms with E-state index in [4.69, 9.17) is 15.2 Å². The average Bonchev–Trinajstić information content (AvgIpc) is 2.60. The molecule has 0 fully saturated rings. The lowest BCUT2D eigenvalue weighted by Crippen LogP contribution is -2.20. The number of rotatable bonds is 9. The van der Waals surface area contributed by atoms with Gasteiger partial charge in [-0.05, 0) is 49.2 Å². The fraction of sp³-hybridized carbons (Fsp3) is 0.263. The lowest BCUT2D eigenvalue weighted by molar-refractivity contribution is -0.120. The van der Waals surface area contributed by atoms with Crippen LogP contribution >= 0.6 is 0 Å². The number of nitrogens with two attached hydrogens (primary N) is 1. The van der Waals surface area contributed by atoms with E-state index in [0.717, 1.165) is 11.3 Å². The molecular weight excluding hydrogens is 320 g/mol. The third kappa shape index (κ3) is 6.18. The minimum absolute atomic E-state index is 0.0860. The summed E-state index contributed by atoms with van der Waals surface area (Å²) in [5.41, 5.74) is 6.69. The van der Waals surface area contributed by atoms with Crippen LogP contribution in [-0.4, -0.2) is 25.0 Å². The Morgan fingerprint density at radius 1 is 1.04 bits per heavy atom. The van der Waals surface area contributed by atoms with Crippen molar-refractivity contribution in [1.82, 2.24) is 0 Å². The predicted octanol–water partition coefficient (Wildman–Crippen LogP) is 2.52. The highest BCUT2D eigenvalue weighted by Crippen LogP contribution is 2.20. The molecule has 132 valence electrons. The second-order valence-corrected chi connectivity index (χ2v) is 5.37. The van der Waals surface area contributed by atoms with E-state index in [1.807, 2.05) is 31.2 Å². The maximum absolute atomic E-state index is 12.1. The monoisotopic (exact) mass is 342 g/mol. The molecule has 0 aromatic heterocycles. The number of anilines is 1. The van der Waals surface area contributed by atoms with Gasteiger partial charge < -0.3 is 20.5 Å². The zero-order chi connectivity index (χ0) is 18.1. The first-order chi connectivity index (χ1) is 12.1. The molecular formula is C19H22N2O4. The SMILES string of the molecule is CCOc1ccccc1CCC(=O)Nc1ccc(OCC(N)=O)cc1. The van der Waals surface area contributed by atoms with Gasteiger partial charge in [-0.15, -0.1) is 0 Å². The van der Waals surface area contributed by atoms with Crippen LogP contribution in [0.1, 0.15) is 18.9 Å². The van der Waals surface area contributed by atoms with E-state index < -0.39 is 5.91 Å². The summed E-state index contributed by atoms with van der Waals surface area (Å²) < 4.78 is 10.7. The largest absolute Gasteiger partial charge is 0.494 e. The second kappa shape index (κ2) is 9.32. The van der Waals surface area contributed by atoms with Gasteiger partial charge in [-0.2, -0.15) is 0 Å². The Kier molecular flexibility index (Phi) is 6.83. The van der Waals surface area contributed by atoms with Crippen molar-refractivity contribution < 1.29 is 19.1 Å². The quantitative estimate of drug-likeness (QED) is 0.732. The molecule has 0 saturated heterocycles. The smallest absolute Gasteiger partial charge is 0.255 e. The van der Waals surface area contributed by atoms with Crippen molar-refractivity contribution in [3.05, 3.63) is 54.1 Å². The number of benzene rings is 2. The van der Waals surface area contributed by atoms with Crippen molar-refractivity contribution >= 4 is 17.5 Å². The number of aryl methyl sites for hydroxylation is 1. The molecule has 2 aromatic rings. The number of primary amides is 1. The van der Waals surface area contributed by atoms with Gasteiger partial charge in [0.25, 0.3) is 5.91 Å². The van der Waals surface area contributed by atoms with Crippen molar-refractivity contribution in [1.29, 1.82) is 0 Å². The number of hydrogen-bond donors (Lipinski definition) is 2. The predicted molar refractivity (Wildman–Crippen MR) is 95.7 cm³/mol. The molecule has 0 unspecified atom stereocenters. The summed E-state index contributed by atoms with van der Waals surface area (Å²) in [4.78, 5) is 22.8. The van der Waals surface area contributed by atoms with Gasteiger partial charge in [0, 0.05) is 12.1 Å². The van der Waals surface area contributed by atoms with E-state index in [-0.39, 0.29) is 12.5 Å². The molecule has 25 heavy (non-hydrogen) atoms. The Bertz CT molecular complexity index is 714. The van der Waals surface area contributed by atoms with Gasteiger partial charge in [0.05, 0.1) is 6.61 Å². The van der Waals surface area contributed by atoms with E-state index in [9.17, 15) is 9.59 Å². The van der Waals surface area contributed by atoms with E-state index in [2.05, 4.69) is 5.32 Å². The molecule has 2 amide bonds. The average molecular weight is 342 g/mol. The number of hydrogen-bond acceptors (Lipinski definition) is 4. The minimum atomic E-state index is -0.537. The van der Waals surface area contributed by atoms with Crippen LogP contribution in [0.25, 0.3) is 0 Å². The molecule has 0 bridgehead atoms. The number of ether oxygens (including phenoxy) is 2. The first-order valence-electron chi connectivity index (χ1n) is 8.10. The topological polar surface area (TPSA) is 90.7 Å². The summed E-state index contributed by atoms with van der Waals surface area (Å²) in [6.07, 6.45) is 0.950. The molecule has 6 nitrogen and oxygen atoms in total. The van der Waals surface area contributed by atoms with Gasteiger partial charge >= 0.3 is 0 Å². The summed E-state index contributed by atoms with van der Waals surface area (Å²) in [6, 6.07) is 14.5. The van der Waals surface area contributed by atoms with Crippen molar-refractivity contribution in [2.75, 3.05) is 18.5 Å². The molecule has 0 aliphatic heterocycles. The zero-order valence-corrected chi connectivity index (χ0v) is 14.2. The molecule has 2 aromatic carbocycles. The molecule has 3 N–H and O–H groups in total. The highest BCUT2D eigenvalue weighted by Gasteiger charge is 2.07. The van der Waals surface area contributed by atoms with Crippen LogP contribution in [0.2, 0.25) is 0 Å². The molecule has 0 radical (unpaired) electrons. The normalized spacial score (nSPS) is 10.1. The van der Waals surface area contributed by atoms with E-state index in [0.29, 0.717) is 30.9 Å². The summed E-state index contributed by atoms with van der Waals surface area (Å²) >= 11 is 0. The highest BCUT2D eigenvalue weighted by molar-refractivity contribution is 5.90. The Hall–Kier alpha value is -3.02. The van der Waals surface area contributed by atoms with Crippen LogP contribution in [-0.2, 0) is 16.0 Å². The van der Waals surface area contributed by atoms with Crippen LogP contribution < -0.4 is 20.5 Å². The summed E-state index contributed by atoms with van der Waals surface area (Å²) in [6.45, 7) is 2.35. The number of carbonyl (C=O) groups excluding carboxylic acids is 2. The fourth-order valence-corrected chi connectivity index (χ4v) is 2.27. The Balaban J connectivity index is 1.85. The fourth-order valence-electron chi connectivity index (χ4n) is 2.27. The van der Waals surface area contributed by atoms with E-state index >= 15 is 0 Å². The maximum atomic E-state index is 12.1. The number of nitrogens with one attached hydrogen (secondary N) is 1. The van der Waals surface area contributed by atoms with E-state index in [1.54, 1.807) is 24.3 Å². The zero-order valence-electron chi connectivity index (χ0n) is 14.2. The number of carbonyl (C=O) groups is 2. The standard InChI is InChI=1S/C19H22N2O4/c1-2-24-17-6-4-3-5-14(17)7-12-19(23)21-15-8-10-16(11-9-15)25-13-18(20)22/h3-6,8-11H,2,7,12-13H2,1H3,(H2,20,22)(H,21,23). The van der Waals surface area contributed by atoms with Gasteiger partial charge in [0.1, 0.15) is 11.5 Å². The van der Waals surface area contributed by atoms with Crippen molar-refractivity contribution in [3.8, 4) is 11.5 Å². The van der Waals surface area contributed by atoms with Crippen LogP contribution in [0.3, 0.4) is 0 Å². The van der Waals surface area contributed by atoms with Gasteiger partial charge in [-0.25, -0.2) is 0 Å². The van der Waals surface area contributed by atoms with Crippen LogP contribution in [0.4, 0.5) is 5.69 Å². The van der Waals surface area contributed by atoms with Gasteiger partial charge in [-0.1, -0.05) is 18.2 Å². The molecule has 0 atom stereocenters. The van der Waals surface area contributed by atoms with Crippen LogP contribution in [0.15, 0.2) is 48.5 Å². The van der Waals surface area contributed by atoms with Crippen molar-refractivity contribution in [3.63, 3.8) is 0 Å². The third-order valence-electron chi connectivity index (χ3n) is 3.41.